The maximum Gasteiger partial charge on any atom is 0.197 e. The lowest BCUT2D eigenvalue weighted by atomic mass is 10.1. The van der Waals surface area contributed by atoms with Gasteiger partial charge in [0.2, 0.25) is 0 Å². The summed E-state index contributed by atoms with van der Waals surface area (Å²) < 4.78 is 49.3. The van der Waals surface area contributed by atoms with E-state index < -0.39 is 17.7 Å². The molecule has 0 amide bonds. The molecule has 6 heteroatoms. The van der Waals surface area contributed by atoms with Gasteiger partial charge in [0.25, 0.3) is 0 Å². The second-order valence-electron chi connectivity index (χ2n) is 4.93. The minimum atomic E-state index is -0.607. The topological polar surface area (TPSA) is 36.9 Å². The van der Waals surface area contributed by atoms with Crippen molar-refractivity contribution in [1.29, 1.82) is 0 Å². The largest absolute Gasteiger partial charge is 0.486 e. The van der Waals surface area contributed by atoms with Gasteiger partial charge in [-0.1, -0.05) is 0 Å². The van der Waals surface area contributed by atoms with Gasteiger partial charge >= 0.3 is 0 Å². The van der Waals surface area contributed by atoms with E-state index in [1.165, 1.54) is 12.1 Å². The van der Waals surface area contributed by atoms with Crippen LogP contribution in [0.25, 0.3) is 0 Å². The second-order valence-corrected chi connectivity index (χ2v) is 4.93. The molecule has 0 bridgehead atoms. The summed E-state index contributed by atoms with van der Waals surface area (Å²) in [5, 5.41) is 0. The molecule has 1 atom stereocenters. The Bertz CT molecular complexity index is 732. The van der Waals surface area contributed by atoms with Crippen molar-refractivity contribution in [3.8, 4) is 23.0 Å². The standard InChI is InChI=1S/C16H11F2O4/c17-10-2-1-3-12-15(10)21-8-14(22-12)9-6-11(18)16-13(7-9)19-4-5-20-16/h1,3,6-7,14H,4-5,8H2. The van der Waals surface area contributed by atoms with Crippen molar-refractivity contribution in [3.05, 3.63) is 47.5 Å². The SMILES string of the molecule is Fc1[c]ccc2c1OCC(c1cc(F)c3c(c1)OCCO3)O2. The average Bonchev–Trinajstić information content (AvgIpc) is 2.55. The van der Waals surface area contributed by atoms with Crippen molar-refractivity contribution in [2.24, 2.45) is 0 Å². The van der Waals surface area contributed by atoms with Gasteiger partial charge in [-0.15, -0.1) is 0 Å². The molecule has 0 saturated heterocycles. The zero-order chi connectivity index (χ0) is 15.1. The molecule has 2 heterocycles. The zero-order valence-corrected chi connectivity index (χ0v) is 11.4. The summed E-state index contributed by atoms with van der Waals surface area (Å²) in [5.41, 5.74) is 0.542. The summed E-state index contributed by atoms with van der Waals surface area (Å²) in [7, 11) is 0. The van der Waals surface area contributed by atoms with Gasteiger partial charge in [-0.25, -0.2) is 8.78 Å². The Kier molecular flexibility index (Phi) is 3.03. The summed E-state index contributed by atoms with van der Waals surface area (Å²) in [5.74, 6) is -0.394. The van der Waals surface area contributed by atoms with Crippen molar-refractivity contribution in [1.82, 2.24) is 0 Å². The van der Waals surface area contributed by atoms with Crippen LogP contribution in [0.5, 0.6) is 23.0 Å². The molecule has 4 nitrogen and oxygen atoms in total. The van der Waals surface area contributed by atoms with Crippen LogP contribution in [-0.4, -0.2) is 19.8 Å². The molecule has 0 aromatic heterocycles. The van der Waals surface area contributed by atoms with Gasteiger partial charge in [0.1, 0.15) is 19.8 Å². The molecular weight excluding hydrogens is 294 g/mol. The lowest BCUT2D eigenvalue weighted by molar-refractivity contribution is 0.0857. The summed E-state index contributed by atoms with van der Waals surface area (Å²) in [6, 6.07) is 8.33. The smallest absolute Gasteiger partial charge is 0.197 e. The van der Waals surface area contributed by atoms with Crippen LogP contribution < -0.4 is 18.9 Å². The van der Waals surface area contributed by atoms with Crippen molar-refractivity contribution >= 4 is 0 Å². The number of benzene rings is 2. The first-order valence-corrected chi connectivity index (χ1v) is 6.81. The molecule has 1 unspecified atom stereocenters. The summed E-state index contributed by atoms with van der Waals surface area (Å²) in [6.45, 7) is 0.748. The highest BCUT2D eigenvalue weighted by Gasteiger charge is 2.28. The Labute approximate surface area is 125 Å². The van der Waals surface area contributed by atoms with E-state index in [0.29, 0.717) is 24.5 Å². The van der Waals surface area contributed by atoms with Crippen molar-refractivity contribution < 1.29 is 27.7 Å². The summed E-state index contributed by atoms with van der Waals surface area (Å²) in [4.78, 5) is 0. The fourth-order valence-electron chi connectivity index (χ4n) is 2.49. The fourth-order valence-corrected chi connectivity index (χ4v) is 2.49. The molecule has 22 heavy (non-hydrogen) atoms. The van der Waals surface area contributed by atoms with Gasteiger partial charge < -0.3 is 18.9 Å². The summed E-state index contributed by atoms with van der Waals surface area (Å²) in [6.07, 6.45) is -0.556. The highest BCUT2D eigenvalue weighted by Crippen LogP contribution is 2.41. The van der Waals surface area contributed by atoms with Gasteiger partial charge in [-0.2, -0.15) is 0 Å². The molecule has 2 aromatic carbocycles. The van der Waals surface area contributed by atoms with Crippen LogP contribution in [0.3, 0.4) is 0 Å². The Morgan fingerprint density at radius 1 is 1.00 bits per heavy atom. The Hall–Kier alpha value is -2.50. The van der Waals surface area contributed by atoms with E-state index >= 15 is 0 Å². The van der Waals surface area contributed by atoms with E-state index in [9.17, 15) is 8.78 Å². The van der Waals surface area contributed by atoms with Crippen LogP contribution in [-0.2, 0) is 0 Å². The lowest BCUT2D eigenvalue weighted by Crippen LogP contribution is -2.23. The molecule has 2 aliphatic rings. The van der Waals surface area contributed by atoms with E-state index in [4.69, 9.17) is 18.9 Å². The molecule has 0 spiro atoms. The molecule has 0 fully saturated rings. The third-order valence-corrected chi connectivity index (χ3v) is 3.51. The van der Waals surface area contributed by atoms with Gasteiger partial charge in [0, 0.05) is 11.6 Å². The lowest BCUT2D eigenvalue weighted by Gasteiger charge is -2.28. The highest BCUT2D eigenvalue weighted by molar-refractivity contribution is 5.47. The number of halogens is 2. The first-order valence-electron chi connectivity index (χ1n) is 6.81. The molecule has 2 aliphatic heterocycles. The van der Waals surface area contributed by atoms with Crippen LogP contribution in [0.1, 0.15) is 11.7 Å². The van der Waals surface area contributed by atoms with Gasteiger partial charge in [-0.3, -0.25) is 0 Å². The molecule has 2 aromatic rings. The van der Waals surface area contributed by atoms with E-state index in [-0.39, 0.29) is 23.9 Å². The molecular formula is C16H11F2O4. The monoisotopic (exact) mass is 305 g/mol. The molecule has 113 valence electrons. The minimum absolute atomic E-state index is 0.0248. The number of ether oxygens (including phenoxy) is 4. The Morgan fingerprint density at radius 2 is 1.86 bits per heavy atom. The molecule has 0 saturated carbocycles. The van der Waals surface area contributed by atoms with E-state index in [1.807, 2.05) is 0 Å². The normalized spacial score (nSPS) is 18.9. The molecule has 1 radical (unpaired) electrons. The Morgan fingerprint density at radius 3 is 2.77 bits per heavy atom. The predicted molar refractivity (Wildman–Crippen MR) is 71.5 cm³/mol. The van der Waals surface area contributed by atoms with Gasteiger partial charge in [-0.05, 0) is 24.3 Å². The molecule has 0 aliphatic carbocycles. The number of rotatable bonds is 1. The first kappa shape index (κ1) is 13.2. The maximum atomic E-state index is 14.1. The minimum Gasteiger partial charge on any atom is -0.486 e. The summed E-state index contributed by atoms with van der Waals surface area (Å²) >= 11 is 0. The van der Waals surface area contributed by atoms with E-state index in [0.717, 1.165) is 0 Å². The van der Waals surface area contributed by atoms with E-state index in [1.54, 1.807) is 12.1 Å². The van der Waals surface area contributed by atoms with Crippen LogP contribution in [0.15, 0.2) is 24.3 Å². The van der Waals surface area contributed by atoms with Crippen LogP contribution in [0, 0.1) is 17.7 Å². The van der Waals surface area contributed by atoms with Crippen molar-refractivity contribution in [2.45, 2.75) is 6.10 Å². The number of hydrogen-bond donors (Lipinski definition) is 0. The number of fused-ring (bicyclic) bond motifs is 2. The Balaban J connectivity index is 1.67. The van der Waals surface area contributed by atoms with Crippen LogP contribution in [0.2, 0.25) is 0 Å². The quantitative estimate of drug-likeness (QED) is 0.811. The fraction of sp³-hybridized carbons (Fsp3) is 0.250. The van der Waals surface area contributed by atoms with Gasteiger partial charge in [0.15, 0.2) is 40.7 Å². The third kappa shape index (κ3) is 2.11. The third-order valence-electron chi connectivity index (χ3n) is 3.51. The van der Waals surface area contributed by atoms with Crippen LogP contribution >= 0.6 is 0 Å². The highest BCUT2D eigenvalue weighted by atomic mass is 19.1. The second kappa shape index (κ2) is 5.05. The maximum absolute atomic E-state index is 14.1. The van der Waals surface area contributed by atoms with E-state index in [2.05, 4.69) is 6.07 Å². The van der Waals surface area contributed by atoms with Crippen molar-refractivity contribution in [3.63, 3.8) is 0 Å². The first-order chi connectivity index (χ1) is 10.7. The number of hydrogen-bond acceptors (Lipinski definition) is 4. The predicted octanol–water partition coefficient (Wildman–Crippen LogP) is 3.05. The van der Waals surface area contributed by atoms with Crippen LogP contribution in [0.4, 0.5) is 8.78 Å². The molecule has 0 N–H and O–H groups in total. The van der Waals surface area contributed by atoms with Crippen molar-refractivity contribution in [2.75, 3.05) is 19.8 Å². The zero-order valence-electron chi connectivity index (χ0n) is 11.4. The molecule has 4 rings (SSSR count). The average molecular weight is 305 g/mol. The van der Waals surface area contributed by atoms with Gasteiger partial charge in [0.05, 0.1) is 0 Å².